The van der Waals surface area contributed by atoms with Crippen LogP contribution >= 0.6 is 0 Å². The highest BCUT2D eigenvalue weighted by molar-refractivity contribution is 5.81. The van der Waals surface area contributed by atoms with Crippen LogP contribution in [0.15, 0.2) is 35.3 Å². The van der Waals surface area contributed by atoms with Gasteiger partial charge in [-0.25, -0.2) is 4.98 Å². The van der Waals surface area contributed by atoms with Crippen molar-refractivity contribution >= 4 is 17.0 Å². The van der Waals surface area contributed by atoms with E-state index in [0.29, 0.717) is 38.3 Å². The third-order valence-electron chi connectivity index (χ3n) is 7.28. The molecule has 0 bridgehead atoms. The lowest BCUT2D eigenvalue weighted by Crippen LogP contribution is -2.46. The molecule has 2 aromatic heterocycles. The van der Waals surface area contributed by atoms with E-state index in [2.05, 4.69) is 9.88 Å². The molecular formula is C28H36N4O6. The van der Waals surface area contributed by atoms with E-state index in [1.54, 1.807) is 18.5 Å². The van der Waals surface area contributed by atoms with Crippen molar-refractivity contribution in [3.63, 3.8) is 0 Å². The highest BCUT2D eigenvalue weighted by atomic mass is 16.6. The van der Waals surface area contributed by atoms with Crippen molar-refractivity contribution in [2.45, 2.75) is 70.6 Å². The van der Waals surface area contributed by atoms with Crippen molar-refractivity contribution in [3.05, 3.63) is 51.9 Å². The Hall–Kier alpha value is -3.05. The zero-order chi connectivity index (χ0) is 26.8. The van der Waals surface area contributed by atoms with Crippen molar-refractivity contribution < 1.29 is 24.1 Å². The van der Waals surface area contributed by atoms with Gasteiger partial charge in [0.1, 0.15) is 18.0 Å². The molecule has 4 atom stereocenters. The number of carbonyl (C=O) groups excluding carboxylic acids is 1. The number of nitrogens with one attached hydrogen (secondary N) is 1. The van der Waals surface area contributed by atoms with Crippen LogP contribution in [0.25, 0.3) is 22.4 Å². The molecule has 0 spiro atoms. The van der Waals surface area contributed by atoms with Crippen LogP contribution in [0.5, 0.6) is 0 Å². The molecule has 2 unspecified atom stereocenters. The lowest BCUT2D eigenvalue weighted by atomic mass is 10.1. The third-order valence-corrected chi connectivity index (χ3v) is 7.28. The minimum Gasteiger partial charge on any atom is -0.459 e. The van der Waals surface area contributed by atoms with E-state index in [4.69, 9.17) is 19.2 Å². The molecule has 2 aliphatic rings. The summed E-state index contributed by atoms with van der Waals surface area (Å²) in [4.78, 5) is 29.9. The fourth-order valence-corrected chi connectivity index (χ4v) is 5.20. The van der Waals surface area contributed by atoms with Gasteiger partial charge in [0.2, 0.25) is 0 Å². The maximum Gasteiger partial charge on any atom is 0.326 e. The molecule has 1 aromatic carbocycles. The van der Waals surface area contributed by atoms with E-state index in [-0.39, 0.29) is 17.8 Å². The number of hydrogen-bond donors (Lipinski definition) is 2. The lowest BCUT2D eigenvalue weighted by molar-refractivity contribution is -0.154. The van der Waals surface area contributed by atoms with E-state index in [1.165, 1.54) is 0 Å². The molecule has 2 N–H and O–H groups in total. The van der Waals surface area contributed by atoms with Crippen molar-refractivity contribution in [1.29, 1.82) is 0 Å². The van der Waals surface area contributed by atoms with Gasteiger partial charge in [0.15, 0.2) is 0 Å². The van der Waals surface area contributed by atoms with Crippen LogP contribution < -0.4 is 10.9 Å². The lowest BCUT2D eigenvalue weighted by Gasteiger charge is -2.22. The molecule has 0 amide bonds. The zero-order valence-corrected chi connectivity index (χ0v) is 22.2. The van der Waals surface area contributed by atoms with Crippen LogP contribution in [0.1, 0.15) is 37.3 Å². The van der Waals surface area contributed by atoms with E-state index < -0.39 is 18.1 Å². The van der Waals surface area contributed by atoms with Gasteiger partial charge in [-0.1, -0.05) is 6.07 Å². The summed E-state index contributed by atoms with van der Waals surface area (Å²) < 4.78 is 20.5. The van der Waals surface area contributed by atoms with Crippen molar-refractivity contribution in [2.75, 3.05) is 19.8 Å². The summed E-state index contributed by atoms with van der Waals surface area (Å²) in [5, 5.41) is 13.4. The van der Waals surface area contributed by atoms with Gasteiger partial charge in [-0.2, -0.15) is 0 Å². The fraction of sp³-hybridized carbons (Fsp3) is 0.536. The average molecular weight is 525 g/mol. The summed E-state index contributed by atoms with van der Waals surface area (Å²) in [6.45, 7) is 6.14. The number of aromatic nitrogens is 3. The van der Waals surface area contributed by atoms with Crippen molar-refractivity contribution in [3.8, 4) is 11.4 Å². The minimum absolute atomic E-state index is 0.0319. The maximum absolute atomic E-state index is 12.7. The first-order valence-electron chi connectivity index (χ1n) is 13.3. The number of aryl methyl sites for hydroxylation is 2. The average Bonchev–Trinajstić information content (AvgIpc) is 3.65. The van der Waals surface area contributed by atoms with Crippen LogP contribution in [0.3, 0.4) is 0 Å². The molecule has 204 valence electrons. The second-order valence-electron chi connectivity index (χ2n) is 10.4. The van der Waals surface area contributed by atoms with Gasteiger partial charge in [-0.15, -0.1) is 0 Å². The second-order valence-corrected chi connectivity index (χ2v) is 10.4. The Bertz CT molecular complexity index is 1330. The first-order chi connectivity index (χ1) is 18.3. The van der Waals surface area contributed by atoms with E-state index in [1.807, 2.05) is 37.4 Å². The number of carbonyl (C=O) groups is 1. The molecule has 10 nitrogen and oxygen atoms in total. The van der Waals surface area contributed by atoms with E-state index in [0.717, 1.165) is 47.4 Å². The number of nitrogens with zero attached hydrogens (tertiary/aromatic N) is 3. The Morgan fingerprint density at radius 1 is 1.29 bits per heavy atom. The molecule has 38 heavy (non-hydrogen) atoms. The predicted octanol–water partition coefficient (Wildman–Crippen LogP) is 2.06. The Morgan fingerprint density at radius 2 is 2.13 bits per heavy atom. The summed E-state index contributed by atoms with van der Waals surface area (Å²) >= 11 is 0. The van der Waals surface area contributed by atoms with Gasteiger partial charge in [0, 0.05) is 43.9 Å². The first kappa shape index (κ1) is 26.6. The quantitative estimate of drug-likeness (QED) is 0.409. The number of esters is 1. The molecule has 0 aliphatic carbocycles. The molecule has 3 aromatic rings. The molecular weight excluding hydrogens is 488 g/mol. The number of fused-ring (bicyclic) bond motifs is 1. The Morgan fingerprint density at radius 3 is 2.82 bits per heavy atom. The van der Waals surface area contributed by atoms with Crippen molar-refractivity contribution in [1.82, 2.24) is 19.4 Å². The smallest absolute Gasteiger partial charge is 0.326 e. The molecule has 5 rings (SSSR count). The Labute approximate surface area is 221 Å². The molecule has 2 fully saturated rings. The Kier molecular flexibility index (Phi) is 7.94. The molecule has 4 heterocycles. The molecule has 0 radical (unpaired) electrons. The van der Waals surface area contributed by atoms with Crippen LogP contribution in [0, 0.1) is 6.92 Å². The van der Waals surface area contributed by atoms with Gasteiger partial charge < -0.3 is 28.5 Å². The van der Waals surface area contributed by atoms with Gasteiger partial charge in [-0.3, -0.25) is 14.9 Å². The van der Waals surface area contributed by atoms with Gasteiger partial charge in [0.25, 0.3) is 5.56 Å². The van der Waals surface area contributed by atoms with Crippen LogP contribution in [-0.2, 0) is 39.1 Å². The second kappa shape index (κ2) is 11.4. The number of aliphatic hydroxyl groups is 1. The van der Waals surface area contributed by atoms with E-state index in [9.17, 15) is 14.7 Å². The normalized spacial score (nSPS) is 21.2. The third kappa shape index (κ3) is 5.68. The fourth-order valence-electron chi connectivity index (χ4n) is 5.20. The Balaban J connectivity index is 1.41. The number of benzene rings is 1. The highest BCUT2D eigenvalue weighted by Gasteiger charge is 2.29. The summed E-state index contributed by atoms with van der Waals surface area (Å²) in [7, 11) is 1.75. The van der Waals surface area contributed by atoms with Crippen LogP contribution in [0.2, 0.25) is 0 Å². The first-order valence-corrected chi connectivity index (χ1v) is 13.3. The van der Waals surface area contributed by atoms with Gasteiger partial charge in [-0.05, 0) is 50.5 Å². The van der Waals surface area contributed by atoms with E-state index >= 15 is 0 Å². The number of aliphatic hydroxyl groups excluding tert-OH is 1. The number of imidazole rings is 1. The van der Waals surface area contributed by atoms with Gasteiger partial charge >= 0.3 is 5.97 Å². The summed E-state index contributed by atoms with van der Waals surface area (Å²) in [5.74, 6) is 0.299. The monoisotopic (exact) mass is 524 g/mol. The predicted molar refractivity (Wildman–Crippen MR) is 142 cm³/mol. The standard InChI is InChI=1S/C28H36N4O6/c1-17-11-20(14-31(3)27(17)34)26-30-23-12-19(6-7-24(23)32(26)15-21-5-4-9-37-21)13-29-25(18(2)33)28(35)38-22-8-10-36-16-22/h6-7,11-12,14,18,21-22,25,29,33H,4-5,8-10,13,15-16H2,1-3H3/t18?,21-,22-,25?/m0/s1. The van der Waals surface area contributed by atoms with Gasteiger partial charge in [0.05, 0.1) is 43.0 Å². The van der Waals surface area contributed by atoms with Crippen LogP contribution in [0.4, 0.5) is 0 Å². The molecule has 2 saturated heterocycles. The number of hydrogen-bond acceptors (Lipinski definition) is 8. The zero-order valence-electron chi connectivity index (χ0n) is 22.2. The summed E-state index contributed by atoms with van der Waals surface area (Å²) in [6.07, 6.45) is 3.46. The maximum atomic E-state index is 12.7. The number of rotatable bonds is 9. The SMILES string of the molecule is Cc1cc(-c2nc3cc(CNC(C(=O)O[C@H]4CCOC4)C(C)O)ccc3n2C[C@@H]2CCCO2)cn(C)c1=O. The molecule has 0 saturated carbocycles. The molecule has 2 aliphatic heterocycles. The number of ether oxygens (including phenoxy) is 3. The highest BCUT2D eigenvalue weighted by Crippen LogP contribution is 2.28. The topological polar surface area (TPSA) is 117 Å². The minimum atomic E-state index is -0.918. The van der Waals surface area contributed by atoms with Crippen molar-refractivity contribution in [2.24, 2.45) is 7.05 Å². The summed E-state index contributed by atoms with van der Waals surface area (Å²) in [6, 6.07) is 7.04. The summed E-state index contributed by atoms with van der Waals surface area (Å²) in [5.41, 5.74) is 4.19. The largest absolute Gasteiger partial charge is 0.459 e. The van der Waals surface area contributed by atoms with Crippen LogP contribution in [-0.4, -0.2) is 69.4 Å². The molecule has 10 heteroatoms. The number of pyridine rings is 1.